The summed E-state index contributed by atoms with van der Waals surface area (Å²) in [6.07, 6.45) is 0. The molecule has 2 N–H and O–H groups in total. The predicted molar refractivity (Wildman–Crippen MR) is 62.4 cm³/mol. The highest BCUT2D eigenvalue weighted by Crippen LogP contribution is 2.23. The molecule has 0 spiro atoms. The molecule has 1 rings (SSSR count). The summed E-state index contributed by atoms with van der Waals surface area (Å²) in [5.41, 5.74) is 7.09. The third-order valence-corrected chi connectivity index (χ3v) is 2.31. The van der Waals surface area contributed by atoms with Gasteiger partial charge in [0.25, 0.3) is 0 Å². The fourth-order valence-electron chi connectivity index (χ4n) is 1.79. The van der Waals surface area contributed by atoms with Gasteiger partial charge in [0.15, 0.2) is 0 Å². The van der Waals surface area contributed by atoms with E-state index in [-0.39, 0.29) is 5.82 Å². The summed E-state index contributed by atoms with van der Waals surface area (Å²) in [6.45, 7) is 5.42. The molecule has 2 nitrogen and oxygen atoms in total. The fourth-order valence-corrected chi connectivity index (χ4v) is 1.79. The monoisotopic (exact) mass is 210 g/mol. The maximum absolute atomic E-state index is 13.6. The molecule has 0 amide bonds. The number of benzene rings is 1. The van der Waals surface area contributed by atoms with E-state index in [0.717, 1.165) is 12.1 Å². The van der Waals surface area contributed by atoms with Crippen molar-refractivity contribution in [2.75, 3.05) is 18.5 Å². The molecule has 3 heteroatoms. The first-order valence-corrected chi connectivity index (χ1v) is 5.24. The Morgan fingerprint density at radius 1 is 1.40 bits per heavy atom. The minimum absolute atomic E-state index is 0.193. The molecule has 0 heterocycles. The first-order valence-electron chi connectivity index (χ1n) is 5.24. The molecular weight excluding hydrogens is 191 g/mol. The standard InChI is InChI=1S/C12H19FN2/c1-9(2)8-15(3)12-10(7-14)5-4-6-11(12)13/h4-6,9H,7-8,14H2,1-3H3. The lowest BCUT2D eigenvalue weighted by Crippen LogP contribution is -2.25. The van der Waals surface area contributed by atoms with Crippen LogP contribution in [0.3, 0.4) is 0 Å². The van der Waals surface area contributed by atoms with Crippen molar-refractivity contribution in [2.24, 2.45) is 11.7 Å². The largest absolute Gasteiger partial charge is 0.372 e. The predicted octanol–water partition coefficient (Wildman–Crippen LogP) is 2.38. The summed E-state index contributed by atoms with van der Waals surface area (Å²) in [7, 11) is 1.90. The van der Waals surface area contributed by atoms with Gasteiger partial charge in [0.1, 0.15) is 5.82 Å². The van der Waals surface area contributed by atoms with Crippen LogP contribution in [0.1, 0.15) is 19.4 Å². The van der Waals surface area contributed by atoms with Crippen LogP contribution in [-0.2, 0) is 6.54 Å². The van der Waals surface area contributed by atoms with Crippen LogP contribution in [0.25, 0.3) is 0 Å². The lowest BCUT2D eigenvalue weighted by atomic mass is 10.1. The molecule has 0 bridgehead atoms. The van der Waals surface area contributed by atoms with Crippen LogP contribution < -0.4 is 10.6 Å². The zero-order chi connectivity index (χ0) is 11.4. The van der Waals surface area contributed by atoms with Crippen LogP contribution in [-0.4, -0.2) is 13.6 Å². The molecule has 0 saturated carbocycles. The minimum Gasteiger partial charge on any atom is -0.372 e. The number of anilines is 1. The Morgan fingerprint density at radius 2 is 2.07 bits per heavy atom. The Balaban J connectivity index is 3.00. The van der Waals surface area contributed by atoms with Gasteiger partial charge in [-0.2, -0.15) is 0 Å². The van der Waals surface area contributed by atoms with Gasteiger partial charge in [-0.25, -0.2) is 4.39 Å². The summed E-state index contributed by atoms with van der Waals surface area (Å²) in [5, 5.41) is 0. The van der Waals surface area contributed by atoms with E-state index < -0.39 is 0 Å². The van der Waals surface area contributed by atoms with Crippen molar-refractivity contribution in [3.63, 3.8) is 0 Å². The molecule has 0 fully saturated rings. The summed E-state index contributed by atoms with van der Waals surface area (Å²) < 4.78 is 13.6. The summed E-state index contributed by atoms with van der Waals surface area (Å²) in [5.74, 6) is 0.307. The van der Waals surface area contributed by atoms with E-state index in [1.54, 1.807) is 6.07 Å². The van der Waals surface area contributed by atoms with Gasteiger partial charge < -0.3 is 10.6 Å². The third-order valence-electron chi connectivity index (χ3n) is 2.31. The Labute approximate surface area is 90.9 Å². The lowest BCUT2D eigenvalue weighted by molar-refractivity contribution is 0.596. The van der Waals surface area contributed by atoms with Gasteiger partial charge >= 0.3 is 0 Å². The number of nitrogens with two attached hydrogens (primary N) is 1. The fraction of sp³-hybridized carbons (Fsp3) is 0.500. The number of hydrogen-bond donors (Lipinski definition) is 1. The van der Waals surface area contributed by atoms with E-state index in [0.29, 0.717) is 18.2 Å². The summed E-state index contributed by atoms with van der Waals surface area (Å²) >= 11 is 0. The molecule has 0 radical (unpaired) electrons. The molecule has 0 atom stereocenters. The Morgan fingerprint density at radius 3 is 2.60 bits per heavy atom. The van der Waals surface area contributed by atoms with Crippen LogP contribution in [0.2, 0.25) is 0 Å². The smallest absolute Gasteiger partial charge is 0.146 e. The Hall–Kier alpha value is -1.09. The molecule has 0 aliphatic rings. The van der Waals surface area contributed by atoms with Crippen LogP contribution in [0.5, 0.6) is 0 Å². The maximum atomic E-state index is 13.6. The Kier molecular flexibility index (Phi) is 4.09. The van der Waals surface area contributed by atoms with Crippen molar-refractivity contribution in [1.29, 1.82) is 0 Å². The summed E-state index contributed by atoms with van der Waals surface area (Å²) in [6, 6.07) is 5.05. The van der Waals surface area contributed by atoms with Crippen molar-refractivity contribution in [1.82, 2.24) is 0 Å². The van der Waals surface area contributed by atoms with Gasteiger partial charge in [-0.3, -0.25) is 0 Å². The van der Waals surface area contributed by atoms with E-state index in [9.17, 15) is 4.39 Å². The van der Waals surface area contributed by atoms with Gasteiger partial charge in [-0.15, -0.1) is 0 Å². The van der Waals surface area contributed by atoms with Crippen LogP contribution in [0, 0.1) is 11.7 Å². The first-order chi connectivity index (χ1) is 7.06. The summed E-state index contributed by atoms with van der Waals surface area (Å²) in [4.78, 5) is 1.93. The van der Waals surface area contributed by atoms with E-state index in [4.69, 9.17) is 5.73 Å². The van der Waals surface area contributed by atoms with Crippen molar-refractivity contribution in [3.8, 4) is 0 Å². The molecule has 0 aliphatic carbocycles. The number of nitrogens with zero attached hydrogens (tertiary/aromatic N) is 1. The molecule has 84 valence electrons. The Bertz CT molecular complexity index is 323. The maximum Gasteiger partial charge on any atom is 0.146 e. The molecule has 0 unspecified atom stereocenters. The molecular formula is C12H19FN2. The zero-order valence-corrected chi connectivity index (χ0v) is 9.63. The molecule has 15 heavy (non-hydrogen) atoms. The second-order valence-electron chi connectivity index (χ2n) is 4.23. The SMILES string of the molecule is CC(C)CN(C)c1c(F)cccc1CN. The van der Waals surface area contributed by atoms with E-state index in [1.807, 2.05) is 18.0 Å². The molecule has 0 aliphatic heterocycles. The highest BCUT2D eigenvalue weighted by molar-refractivity contribution is 5.54. The second kappa shape index (κ2) is 5.12. The number of para-hydroxylation sites is 1. The average Bonchev–Trinajstić information content (AvgIpc) is 2.15. The molecule has 0 saturated heterocycles. The number of halogens is 1. The van der Waals surface area contributed by atoms with Crippen molar-refractivity contribution >= 4 is 5.69 Å². The van der Waals surface area contributed by atoms with Crippen molar-refractivity contribution in [3.05, 3.63) is 29.6 Å². The van der Waals surface area contributed by atoms with E-state index in [2.05, 4.69) is 13.8 Å². The average molecular weight is 210 g/mol. The topological polar surface area (TPSA) is 29.3 Å². The number of hydrogen-bond acceptors (Lipinski definition) is 2. The second-order valence-corrected chi connectivity index (χ2v) is 4.23. The van der Waals surface area contributed by atoms with Gasteiger partial charge in [0.2, 0.25) is 0 Å². The van der Waals surface area contributed by atoms with Gasteiger partial charge in [-0.1, -0.05) is 26.0 Å². The number of rotatable bonds is 4. The molecule has 1 aromatic rings. The first kappa shape index (κ1) is 12.0. The van der Waals surface area contributed by atoms with Crippen LogP contribution >= 0.6 is 0 Å². The highest BCUT2D eigenvalue weighted by atomic mass is 19.1. The quantitative estimate of drug-likeness (QED) is 0.826. The molecule has 1 aromatic carbocycles. The zero-order valence-electron chi connectivity index (χ0n) is 9.63. The highest BCUT2D eigenvalue weighted by Gasteiger charge is 2.12. The molecule has 0 aromatic heterocycles. The van der Waals surface area contributed by atoms with Gasteiger partial charge in [0, 0.05) is 20.1 Å². The third kappa shape index (κ3) is 2.93. The lowest BCUT2D eigenvalue weighted by Gasteiger charge is -2.24. The minimum atomic E-state index is -0.193. The van der Waals surface area contributed by atoms with Crippen molar-refractivity contribution < 1.29 is 4.39 Å². The van der Waals surface area contributed by atoms with E-state index in [1.165, 1.54) is 6.07 Å². The van der Waals surface area contributed by atoms with Gasteiger partial charge in [-0.05, 0) is 17.5 Å². The van der Waals surface area contributed by atoms with E-state index >= 15 is 0 Å². The van der Waals surface area contributed by atoms with Gasteiger partial charge in [0.05, 0.1) is 5.69 Å². The van der Waals surface area contributed by atoms with Crippen LogP contribution in [0.4, 0.5) is 10.1 Å². The van der Waals surface area contributed by atoms with Crippen molar-refractivity contribution in [2.45, 2.75) is 20.4 Å². The van der Waals surface area contributed by atoms with Crippen LogP contribution in [0.15, 0.2) is 18.2 Å². The normalized spacial score (nSPS) is 10.8.